The van der Waals surface area contributed by atoms with Gasteiger partial charge < -0.3 is 15.2 Å². The van der Waals surface area contributed by atoms with Crippen LogP contribution in [-0.4, -0.2) is 34.3 Å². The first-order valence-corrected chi connectivity index (χ1v) is 5.92. The lowest BCUT2D eigenvalue weighted by molar-refractivity contribution is 0.0378. The maximum atomic E-state index is 11.8. The van der Waals surface area contributed by atoms with Crippen LogP contribution in [-0.2, 0) is 4.74 Å². The highest BCUT2D eigenvalue weighted by molar-refractivity contribution is 5.94. The monoisotopic (exact) mass is 252 g/mol. The summed E-state index contributed by atoms with van der Waals surface area (Å²) in [5.74, 6) is 0.00150. The molecular weight excluding hydrogens is 232 g/mol. The van der Waals surface area contributed by atoms with Gasteiger partial charge in [0.1, 0.15) is 11.4 Å². The molecule has 0 aliphatic heterocycles. The predicted molar refractivity (Wildman–Crippen MR) is 69.6 cm³/mol. The fourth-order valence-corrected chi connectivity index (χ4v) is 1.29. The number of hydrogen-bond acceptors (Lipinski definition) is 5. The van der Waals surface area contributed by atoms with Crippen molar-refractivity contribution < 1.29 is 14.6 Å². The molecule has 0 aliphatic carbocycles. The maximum absolute atomic E-state index is 11.8. The van der Waals surface area contributed by atoms with Gasteiger partial charge in [-0.1, -0.05) is 0 Å². The second-order valence-electron chi connectivity index (χ2n) is 5.02. The van der Waals surface area contributed by atoms with E-state index >= 15 is 0 Å². The van der Waals surface area contributed by atoms with Crippen molar-refractivity contribution in [2.75, 3.05) is 11.9 Å². The summed E-state index contributed by atoms with van der Waals surface area (Å²) >= 11 is 0. The first kappa shape index (κ1) is 14.4. The van der Waals surface area contributed by atoms with E-state index in [0.29, 0.717) is 17.9 Å². The molecule has 18 heavy (non-hydrogen) atoms. The summed E-state index contributed by atoms with van der Waals surface area (Å²) in [5, 5.41) is 12.6. The number of nitrogens with one attached hydrogen (secondary N) is 1. The number of carbonyl (C=O) groups excluding carboxylic acids is 1. The Kier molecular flexibility index (Phi) is 4.67. The van der Waals surface area contributed by atoms with E-state index in [-0.39, 0.29) is 6.10 Å². The number of pyridine rings is 1. The zero-order chi connectivity index (χ0) is 13.8. The molecule has 1 aromatic heterocycles. The van der Waals surface area contributed by atoms with Gasteiger partial charge in [-0.2, -0.15) is 0 Å². The Bertz CT molecular complexity index is 411. The summed E-state index contributed by atoms with van der Waals surface area (Å²) in [6.07, 6.45) is 1.40. The maximum Gasteiger partial charge on any atom is 0.342 e. The average Bonchev–Trinajstić information content (AvgIpc) is 2.25. The molecule has 1 rings (SSSR count). The van der Waals surface area contributed by atoms with Crippen LogP contribution in [0.1, 0.15) is 38.1 Å². The van der Waals surface area contributed by atoms with Gasteiger partial charge in [-0.15, -0.1) is 0 Å². The van der Waals surface area contributed by atoms with E-state index < -0.39 is 11.6 Å². The number of ether oxygens (including phenoxy) is 1. The highest BCUT2D eigenvalue weighted by Crippen LogP contribution is 2.15. The standard InChI is InChI=1S/C13H20N2O3/c1-9(2)18-12(16)10-6-5-7-14-11(10)15-8-13(3,4)17/h5-7,9,17H,8H2,1-4H3,(H,14,15). The minimum absolute atomic E-state index is 0.181. The fourth-order valence-electron chi connectivity index (χ4n) is 1.29. The second-order valence-corrected chi connectivity index (χ2v) is 5.02. The van der Waals surface area contributed by atoms with E-state index in [0.717, 1.165) is 0 Å². The van der Waals surface area contributed by atoms with Crippen LogP contribution in [0.5, 0.6) is 0 Å². The number of hydrogen-bond donors (Lipinski definition) is 2. The van der Waals surface area contributed by atoms with Gasteiger partial charge in [0.2, 0.25) is 0 Å². The van der Waals surface area contributed by atoms with Gasteiger partial charge in [0, 0.05) is 12.7 Å². The number of carbonyl (C=O) groups is 1. The lowest BCUT2D eigenvalue weighted by Crippen LogP contribution is -2.30. The second kappa shape index (κ2) is 5.82. The first-order chi connectivity index (χ1) is 8.29. The molecule has 100 valence electrons. The fraction of sp³-hybridized carbons (Fsp3) is 0.538. The summed E-state index contributed by atoms with van der Waals surface area (Å²) < 4.78 is 5.13. The largest absolute Gasteiger partial charge is 0.459 e. The highest BCUT2D eigenvalue weighted by Gasteiger charge is 2.17. The lowest BCUT2D eigenvalue weighted by atomic mass is 10.1. The average molecular weight is 252 g/mol. The number of aromatic nitrogens is 1. The van der Waals surface area contributed by atoms with Gasteiger partial charge in [-0.25, -0.2) is 9.78 Å². The van der Waals surface area contributed by atoms with Crippen LogP contribution < -0.4 is 5.32 Å². The zero-order valence-electron chi connectivity index (χ0n) is 11.2. The molecular formula is C13H20N2O3. The molecule has 0 aliphatic rings. The summed E-state index contributed by atoms with van der Waals surface area (Å²) in [6, 6.07) is 3.32. The van der Waals surface area contributed by atoms with Crippen LogP contribution in [0, 0.1) is 0 Å². The Morgan fingerprint density at radius 3 is 2.78 bits per heavy atom. The van der Waals surface area contributed by atoms with Crippen LogP contribution in [0.15, 0.2) is 18.3 Å². The molecule has 0 saturated carbocycles. The van der Waals surface area contributed by atoms with Crippen molar-refractivity contribution in [2.45, 2.75) is 39.4 Å². The molecule has 5 heteroatoms. The Morgan fingerprint density at radius 2 is 2.22 bits per heavy atom. The van der Waals surface area contributed by atoms with Gasteiger partial charge in [0.05, 0.1) is 11.7 Å². The smallest absolute Gasteiger partial charge is 0.342 e. The van der Waals surface area contributed by atoms with Gasteiger partial charge in [0.15, 0.2) is 0 Å². The third-order valence-electron chi connectivity index (χ3n) is 2.06. The van der Waals surface area contributed by atoms with Crippen LogP contribution in [0.25, 0.3) is 0 Å². The molecule has 1 heterocycles. The first-order valence-electron chi connectivity index (χ1n) is 5.92. The molecule has 1 aromatic rings. The highest BCUT2D eigenvalue weighted by atomic mass is 16.5. The topological polar surface area (TPSA) is 71.5 Å². The van der Waals surface area contributed by atoms with Gasteiger partial charge in [-0.3, -0.25) is 0 Å². The molecule has 0 bridgehead atoms. The number of nitrogens with zero attached hydrogens (tertiary/aromatic N) is 1. The van der Waals surface area contributed by atoms with Crippen molar-refractivity contribution in [3.63, 3.8) is 0 Å². The minimum atomic E-state index is -0.878. The molecule has 2 N–H and O–H groups in total. The van der Waals surface area contributed by atoms with Crippen molar-refractivity contribution >= 4 is 11.8 Å². The van der Waals surface area contributed by atoms with E-state index in [1.165, 1.54) is 0 Å². The van der Waals surface area contributed by atoms with E-state index in [4.69, 9.17) is 4.74 Å². The predicted octanol–water partition coefficient (Wildman–Crippen LogP) is 1.83. The van der Waals surface area contributed by atoms with Crippen LogP contribution in [0.2, 0.25) is 0 Å². The Morgan fingerprint density at radius 1 is 1.56 bits per heavy atom. The normalized spacial score (nSPS) is 11.4. The number of rotatable bonds is 5. The van der Waals surface area contributed by atoms with E-state index in [9.17, 15) is 9.90 Å². The Labute approximate surface area is 107 Å². The minimum Gasteiger partial charge on any atom is -0.459 e. The quantitative estimate of drug-likeness (QED) is 0.782. The molecule has 0 saturated heterocycles. The molecule has 5 nitrogen and oxygen atoms in total. The van der Waals surface area contributed by atoms with Gasteiger partial charge >= 0.3 is 5.97 Å². The zero-order valence-corrected chi connectivity index (χ0v) is 11.2. The molecule has 0 amide bonds. The SMILES string of the molecule is CC(C)OC(=O)c1cccnc1NCC(C)(C)O. The van der Waals surface area contributed by atoms with Crippen molar-refractivity contribution in [2.24, 2.45) is 0 Å². The molecule has 0 unspecified atom stereocenters. The van der Waals surface area contributed by atoms with Gasteiger partial charge in [-0.05, 0) is 39.8 Å². The van der Waals surface area contributed by atoms with Gasteiger partial charge in [0.25, 0.3) is 0 Å². The van der Waals surface area contributed by atoms with E-state index in [1.807, 2.05) is 0 Å². The third kappa shape index (κ3) is 4.71. The van der Waals surface area contributed by atoms with Crippen molar-refractivity contribution in [3.8, 4) is 0 Å². The van der Waals surface area contributed by atoms with Crippen molar-refractivity contribution in [3.05, 3.63) is 23.9 Å². The molecule has 0 spiro atoms. The third-order valence-corrected chi connectivity index (χ3v) is 2.06. The lowest BCUT2D eigenvalue weighted by Gasteiger charge is -2.19. The molecule has 0 fully saturated rings. The Balaban J connectivity index is 2.82. The van der Waals surface area contributed by atoms with Crippen LogP contribution in [0.3, 0.4) is 0 Å². The van der Waals surface area contributed by atoms with E-state index in [2.05, 4.69) is 10.3 Å². The summed E-state index contributed by atoms with van der Waals surface area (Å²) in [4.78, 5) is 15.9. The van der Waals surface area contributed by atoms with Crippen LogP contribution in [0.4, 0.5) is 5.82 Å². The number of aliphatic hydroxyl groups is 1. The van der Waals surface area contributed by atoms with Crippen LogP contribution >= 0.6 is 0 Å². The van der Waals surface area contributed by atoms with Crippen molar-refractivity contribution in [1.82, 2.24) is 4.98 Å². The van der Waals surface area contributed by atoms with Crippen molar-refractivity contribution in [1.29, 1.82) is 0 Å². The van der Waals surface area contributed by atoms with E-state index in [1.54, 1.807) is 46.0 Å². The molecule has 0 radical (unpaired) electrons. The molecule has 0 aromatic carbocycles. The summed E-state index contributed by atoms with van der Waals surface area (Å²) in [7, 11) is 0. The Hall–Kier alpha value is -1.62. The summed E-state index contributed by atoms with van der Waals surface area (Å²) in [5.41, 5.74) is -0.507. The number of esters is 1. The summed E-state index contributed by atoms with van der Waals surface area (Å²) in [6.45, 7) is 7.23. The molecule has 0 atom stereocenters. The number of anilines is 1.